The predicted molar refractivity (Wildman–Crippen MR) is 161 cm³/mol. The van der Waals surface area contributed by atoms with Crippen LogP contribution in [-0.4, -0.2) is 67.7 Å². The smallest absolute Gasteiger partial charge is 0.460 e. The molecule has 0 aromatic heterocycles. The summed E-state index contributed by atoms with van der Waals surface area (Å²) < 4.78 is 30.6. The molecule has 2 N–H and O–H groups in total. The highest BCUT2D eigenvalue weighted by Crippen LogP contribution is 2.10. The largest absolute Gasteiger partial charge is 0.510 e. The van der Waals surface area contributed by atoms with Crippen LogP contribution in [0.1, 0.15) is 38.8 Å². The fourth-order valence-corrected chi connectivity index (χ4v) is 3.73. The second kappa shape index (κ2) is 19.7. The Morgan fingerprint density at radius 1 is 0.622 bits per heavy atom. The van der Waals surface area contributed by atoms with Crippen molar-refractivity contribution in [2.45, 2.75) is 59.1 Å². The third-order valence-corrected chi connectivity index (χ3v) is 6.18. The Labute approximate surface area is 266 Å². The molecule has 0 aliphatic heterocycles. The van der Waals surface area contributed by atoms with Crippen molar-refractivity contribution in [1.29, 1.82) is 0 Å². The Balaban J connectivity index is 1.95. The number of alkyl carbamates (subject to hydrolysis) is 2. The SMILES string of the molecule is CC(C)[C@H](NC(=O)OCc1ccccc1)C(=O)OCC(COC(=O)[C@@H](NC(=O)OCc1ccccc1)C(C)C)OC(=O)OCCl. The molecule has 0 fully saturated rings. The number of carbonyl (C=O) groups excluding carboxylic acids is 5. The van der Waals surface area contributed by atoms with E-state index in [9.17, 15) is 24.0 Å². The lowest BCUT2D eigenvalue weighted by Crippen LogP contribution is -2.47. The summed E-state index contributed by atoms with van der Waals surface area (Å²) in [6, 6.07) is 15.2. The molecular weight excluding hydrogens is 612 g/mol. The molecule has 2 aromatic carbocycles. The first-order valence-corrected chi connectivity index (χ1v) is 14.7. The molecule has 0 aliphatic carbocycles. The van der Waals surface area contributed by atoms with Crippen LogP contribution in [0.3, 0.4) is 0 Å². The Morgan fingerprint density at radius 3 is 1.38 bits per heavy atom. The van der Waals surface area contributed by atoms with Crippen LogP contribution in [0, 0.1) is 11.8 Å². The molecule has 0 saturated heterocycles. The van der Waals surface area contributed by atoms with E-state index in [-0.39, 0.29) is 13.2 Å². The standard InChI is InChI=1S/C31H39ClN2O11/c1-20(2)25(33-29(37)42-15-22-11-7-5-8-12-22)27(35)40-17-24(45-31(39)44-19-32)18-41-28(36)26(21(3)4)34-30(38)43-16-23-13-9-6-10-14-23/h5-14,20-21,24-26H,15-19H2,1-4H3,(H,33,37)(H,34,38)/t25-,26-/m0/s1. The van der Waals surface area contributed by atoms with Crippen LogP contribution in [0.4, 0.5) is 14.4 Å². The number of carbonyl (C=O) groups is 5. The first-order valence-electron chi connectivity index (χ1n) is 14.2. The van der Waals surface area contributed by atoms with Gasteiger partial charge < -0.3 is 39.1 Å². The van der Waals surface area contributed by atoms with Crippen molar-refractivity contribution >= 4 is 41.9 Å². The number of hydrogen-bond donors (Lipinski definition) is 2. The lowest BCUT2D eigenvalue weighted by molar-refractivity contribution is -0.157. The van der Waals surface area contributed by atoms with Gasteiger partial charge in [0.2, 0.25) is 0 Å². The number of esters is 2. The average Bonchev–Trinajstić information content (AvgIpc) is 3.02. The number of benzene rings is 2. The van der Waals surface area contributed by atoms with E-state index >= 15 is 0 Å². The lowest BCUT2D eigenvalue weighted by Gasteiger charge is -2.24. The molecule has 2 aromatic rings. The molecule has 2 amide bonds. The first-order chi connectivity index (χ1) is 21.5. The summed E-state index contributed by atoms with van der Waals surface area (Å²) in [5.74, 6) is -2.51. The Kier molecular flexibility index (Phi) is 16.1. The van der Waals surface area contributed by atoms with Gasteiger partial charge in [-0.2, -0.15) is 0 Å². The van der Waals surface area contributed by atoms with Gasteiger partial charge in [0.1, 0.15) is 38.5 Å². The maximum Gasteiger partial charge on any atom is 0.510 e. The highest BCUT2D eigenvalue weighted by atomic mass is 35.5. The minimum atomic E-state index is -1.32. The van der Waals surface area contributed by atoms with Gasteiger partial charge in [0.15, 0.2) is 12.2 Å². The van der Waals surface area contributed by atoms with Crippen molar-refractivity contribution in [1.82, 2.24) is 10.6 Å². The molecular formula is C31H39ClN2O11. The van der Waals surface area contributed by atoms with Crippen molar-refractivity contribution in [3.63, 3.8) is 0 Å². The number of halogens is 1. The molecule has 0 spiro atoms. The zero-order valence-electron chi connectivity index (χ0n) is 25.6. The zero-order valence-corrected chi connectivity index (χ0v) is 26.3. The molecule has 0 saturated carbocycles. The summed E-state index contributed by atoms with van der Waals surface area (Å²) in [6.07, 6.45) is -4.19. The minimum Gasteiger partial charge on any atom is -0.460 e. The monoisotopic (exact) mass is 650 g/mol. The highest BCUT2D eigenvalue weighted by Gasteiger charge is 2.31. The minimum absolute atomic E-state index is 0.00647. The maximum atomic E-state index is 12.9. The second-order valence-corrected chi connectivity index (χ2v) is 10.6. The molecule has 13 nitrogen and oxygen atoms in total. The number of hydrogen-bond acceptors (Lipinski definition) is 11. The van der Waals surface area contributed by atoms with Gasteiger partial charge in [-0.15, -0.1) is 0 Å². The predicted octanol–water partition coefficient (Wildman–Crippen LogP) is 4.69. The molecule has 246 valence electrons. The van der Waals surface area contributed by atoms with Gasteiger partial charge in [-0.05, 0) is 23.0 Å². The molecule has 14 heteroatoms. The van der Waals surface area contributed by atoms with Gasteiger partial charge in [0, 0.05) is 0 Å². The van der Waals surface area contributed by atoms with Crippen LogP contribution in [0.25, 0.3) is 0 Å². The molecule has 2 rings (SSSR count). The fraction of sp³-hybridized carbons (Fsp3) is 0.452. The number of amides is 2. The molecule has 0 aliphatic rings. The van der Waals surface area contributed by atoms with Gasteiger partial charge in [-0.1, -0.05) is 100.0 Å². The van der Waals surface area contributed by atoms with Gasteiger partial charge in [-0.3, -0.25) is 0 Å². The average molecular weight is 651 g/mol. The van der Waals surface area contributed by atoms with E-state index in [0.717, 1.165) is 11.1 Å². The van der Waals surface area contributed by atoms with Crippen LogP contribution in [0.15, 0.2) is 60.7 Å². The van der Waals surface area contributed by atoms with Gasteiger partial charge in [0.25, 0.3) is 0 Å². The van der Waals surface area contributed by atoms with Crippen LogP contribution in [-0.2, 0) is 51.2 Å². The number of rotatable bonds is 16. The normalized spacial score (nSPS) is 12.1. The van der Waals surface area contributed by atoms with Crippen LogP contribution in [0.5, 0.6) is 0 Å². The molecule has 0 unspecified atom stereocenters. The van der Waals surface area contributed by atoms with Gasteiger partial charge in [0.05, 0.1) is 0 Å². The topological polar surface area (TPSA) is 165 Å². The molecule has 0 heterocycles. The molecule has 0 bridgehead atoms. The second-order valence-electron chi connectivity index (χ2n) is 10.4. The van der Waals surface area contributed by atoms with E-state index in [1.807, 2.05) is 12.1 Å². The maximum absolute atomic E-state index is 12.9. The quantitative estimate of drug-likeness (QED) is 0.147. The number of nitrogens with one attached hydrogen (secondary N) is 2. The van der Waals surface area contributed by atoms with E-state index in [0.29, 0.717) is 0 Å². The number of alkyl halides is 1. The van der Waals surface area contributed by atoms with E-state index in [1.165, 1.54) is 0 Å². The number of ether oxygens (including phenoxy) is 6. The summed E-state index contributed by atoms with van der Waals surface area (Å²) in [7, 11) is 0. The van der Waals surface area contributed by atoms with E-state index in [2.05, 4.69) is 15.4 Å². The van der Waals surface area contributed by atoms with Crippen molar-refractivity contribution < 1.29 is 52.4 Å². The summed E-state index contributed by atoms with van der Waals surface area (Å²) in [5, 5.41) is 4.93. The van der Waals surface area contributed by atoms with Crippen LogP contribution >= 0.6 is 11.6 Å². The Morgan fingerprint density at radius 2 is 1.02 bits per heavy atom. The zero-order chi connectivity index (χ0) is 33.2. The van der Waals surface area contributed by atoms with E-state index in [1.54, 1.807) is 76.2 Å². The van der Waals surface area contributed by atoms with Crippen molar-refractivity contribution in [3.05, 3.63) is 71.8 Å². The van der Waals surface area contributed by atoms with E-state index < -0.39 is 79.6 Å². The Hall–Kier alpha value is -4.52. The summed E-state index contributed by atoms with van der Waals surface area (Å²) in [6.45, 7) is 5.59. The summed E-state index contributed by atoms with van der Waals surface area (Å²) in [5.41, 5.74) is 1.52. The molecule has 45 heavy (non-hydrogen) atoms. The van der Waals surface area contributed by atoms with Crippen LogP contribution < -0.4 is 10.6 Å². The van der Waals surface area contributed by atoms with Gasteiger partial charge in [-0.25, -0.2) is 24.0 Å². The van der Waals surface area contributed by atoms with Gasteiger partial charge >= 0.3 is 30.3 Å². The first kappa shape index (κ1) is 36.7. The third kappa shape index (κ3) is 14.2. The van der Waals surface area contributed by atoms with Crippen molar-refractivity contribution in [2.75, 3.05) is 19.3 Å². The van der Waals surface area contributed by atoms with Crippen molar-refractivity contribution in [2.24, 2.45) is 11.8 Å². The summed E-state index contributed by atoms with van der Waals surface area (Å²) in [4.78, 5) is 62.4. The molecule has 0 radical (unpaired) electrons. The van der Waals surface area contributed by atoms with Crippen molar-refractivity contribution in [3.8, 4) is 0 Å². The lowest BCUT2D eigenvalue weighted by atomic mass is 10.1. The highest BCUT2D eigenvalue weighted by molar-refractivity contribution is 6.17. The van der Waals surface area contributed by atoms with E-state index in [4.69, 9.17) is 35.3 Å². The Bertz CT molecular complexity index is 1140. The van der Waals surface area contributed by atoms with Crippen LogP contribution in [0.2, 0.25) is 0 Å². The third-order valence-electron chi connectivity index (χ3n) is 6.07. The fourth-order valence-electron chi connectivity index (χ4n) is 3.64. The summed E-state index contributed by atoms with van der Waals surface area (Å²) >= 11 is 5.42. The molecule has 2 atom stereocenters.